The molecule has 0 amide bonds. The molecule has 2 heterocycles. The Balaban J connectivity index is 1.82. The average Bonchev–Trinajstić information content (AvgIpc) is 2.58. The van der Waals surface area contributed by atoms with Crippen LogP contribution in [0.25, 0.3) is 22.2 Å². The van der Waals surface area contributed by atoms with Gasteiger partial charge in [0.15, 0.2) is 0 Å². The van der Waals surface area contributed by atoms with Crippen LogP contribution in [0.4, 0.5) is 4.39 Å². The minimum absolute atomic E-state index is 0.211. The summed E-state index contributed by atoms with van der Waals surface area (Å²) >= 11 is 0. The first-order valence-electron chi connectivity index (χ1n) is 9.16. The van der Waals surface area contributed by atoms with Gasteiger partial charge in [-0.1, -0.05) is 6.92 Å². The van der Waals surface area contributed by atoms with Crippen LogP contribution in [0, 0.1) is 18.7 Å². The van der Waals surface area contributed by atoms with Crippen LogP contribution >= 0.6 is 0 Å². The monoisotopic (exact) mass is 367 g/mol. The smallest absolute Gasteiger partial charge is 0.140 e. The fourth-order valence-electron chi connectivity index (χ4n) is 3.37. The van der Waals surface area contributed by atoms with Gasteiger partial charge in [0.1, 0.15) is 11.6 Å². The molecule has 27 heavy (non-hydrogen) atoms. The van der Waals surface area contributed by atoms with E-state index in [0.717, 1.165) is 39.9 Å². The number of hydrogen-bond donors (Lipinski definition) is 1. The lowest BCUT2D eigenvalue weighted by Crippen LogP contribution is -2.35. The molecule has 0 saturated carbocycles. The van der Waals surface area contributed by atoms with E-state index >= 15 is 0 Å². The van der Waals surface area contributed by atoms with E-state index in [4.69, 9.17) is 10.5 Å². The van der Waals surface area contributed by atoms with Gasteiger partial charge in [0.25, 0.3) is 0 Å². The molecule has 5 heteroatoms. The number of pyridine rings is 2. The molecule has 0 aliphatic rings. The Morgan fingerprint density at radius 2 is 1.96 bits per heavy atom. The van der Waals surface area contributed by atoms with E-state index in [1.165, 1.54) is 12.1 Å². The number of halogens is 1. The van der Waals surface area contributed by atoms with Crippen LogP contribution in [0.5, 0.6) is 5.75 Å². The van der Waals surface area contributed by atoms with Crippen LogP contribution < -0.4 is 10.5 Å². The van der Waals surface area contributed by atoms with Gasteiger partial charge in [-0.15, -0.1) is 0 Å². The molecule has 142 valence electrons. The van der Waals surface area contributed by atoms with Crippen molar-refractivity contribution in [3.05, 3.63) is 54.1 Å². The Kier molecular flexibility index (Phi) is 5.42. The summed E-state index contributed by atoms with van der Waals surface area (Å²) in [5.74, 6) is 0.811. The first-order chi connectivity index (χ1) is 12.7. The van der Waals surface area contributed by atoms with Crippen molar-refractivity contribution < 1.29 is 9.13 Å². The number of benzene rings is 1. The van der Waals surface area contributed by atoms with E-state index in [9.17, 15) is 4.39 Å². The molecule has 0 bridgehead atoms. The molecular formula is C22H26FN3O. The van der Waals surface area contributed by atoms with Crippen LogP contribution in [0.1, 0.15) is 32.8 Å². The van der Waals surface area contributed by atoms with Crippen LogP contribution in [0.2, 0.25) is 0 Å². The maximum absolute atomic E-state index is 13.7. The molecule has 3 aromatic rings. The summed E-state index contributed by atoms with van der Waals surface area (Å²) in [7, 11) is 0. The van der Waals surface area contributed by atoms with Crippen molar-refractivity contribution in [2.45, 2.75) is 39.7 Å². The zero-order valence-electron chi connectivity index (χ0n) is 16.3. The third-order valence-electron chi connectivity index (χ3n) is 4.44. The Bertz CT molecular complexity index is 950. The molecule has 0 fully saturated rings. The van der Waals surface area contributed by atoms with Gasteiger partial charge in [0, 0.05) is 22.7 Å². The third-order valence-corrected chi connectivity index (χ3v) is 4.44. The van der Waals surface area contributed by atoms with E-state index in [1.54, 1.807) is 18.5 Å². The molecule has 0 saturated heterocycles. The van der Waals surface area contributed by atoms with Gasteiger partial charge in [-0.2, -0.15) is 0 Å². The second-order valence-electron chi connectivity index (χ2n) is 7.96. The summed E-state index contributed by atoms with van der Waals surface area (Å²) in [6, 6.07) is 8.41. The zero-order valence-corrected chi connectivity index (χ0v) is 16.3. The summed E-state index contributed by atoms with van der Waals surface area (Å²) in [6.45, 7) is 8.75. The van der Waals surface area contributed by atoms with Crippen molar-refractivity contribution in [1.29, 1.82) is 0 Å². The molecule has 0 spiro atoms. The lowest BCUT2D eigenvalue weighted by atomic mass is 9.93. The molecule has 4 nitrogen and oxygen atoms in total. The maximum atomic E-state index is 13.7. The fraction of sp³-hybridized carbons (Fsp3) is 0.364. The maximum Gasteiger partial charge on any atom is 0.140 e. The second kappa shape index (κ2) is 7.61. The highest BCUT2D eigenvalue weighted by Crippen LogP contribution is 2.29. The van der Waals surface area contributed by atoms with Crippen LogP contribution in [0.15, 0.2) is 42.7 Å². The summed E-state index contributed by atoms with van der Waals surface area (Å²) in [5.41, 5.74) is 9.22. The molecule has 1 aromatic carbocycles. The molecule has 0 unspecified atom stereocenters. The normalized spacial score (nSPS) is 13.0. The van der Waals surface area contributed by atoms with Crippen LogP contribution in [-0.4, -0.2) is 22.1 Å². The number of nitrogens with zero attached hydrogens (tertiary/aromatic N) is 2. The van der Waals surface area contributed by atoms with Crippen molar-refractivity contribution >= 4 is 10.9 Å². The van der Waals surface area contributed by atoms with Crippen molar-refractivity contribution in [3.8, 4) is 17.0 Å². The van der Waals surface area contributed by atoms with E-state index in [1.807, 2.05) is 32.9 Å². The molecular weight excluding hydrogens is 341 g/mol. The van der Waals surface area contributed by atoms with Gasteiger partial charge in [-0.3, -0.25) is 9.97 Å². The largest absolute Gasteiger partial charge is 0.491 e. The molecule has 0 aliphatic heterocycles. The lowest BCUT2D eigenvalue weighted by molar-refractivity contribution is 0.227. The predicted molar refractivity (Wildman–Crippen MR) is 107 cm³/mol. The van der Waals surface area contributed by atoms with E-state index < -0.39 is 0 Å². The third kappa shape index (κ3) is 4.80. The van der Waals surface area contributed by atoms with Gasteiger partial charge < -0.3 is 10.5 Å². The van der Waals surface area contributed by atoms with Gasteiger partial charge in [-0.25, -0.2) is 4.39 Å². The molecule has 0 aliphatic carbocycles. The molecule has 3 rings (SSSR count). The average molecular weight is 367 g/mol. The highest BCUT2D eigenvalue weighted by molar-refractivity contribution is 5.93. The summed E-state index contributed by atoms with van der Waals surface area (Å²) in [6.07, 6.45) is 4.33. The molecule has 2 aromatic heterocycles. The Labute approximate surface area is 159 Å². The van der Waals surface area contributed by atoms with Crippen LogP contribution in [0.3, 0.4) is 0 Å². The minimum Gasteiger partial charge on any atom is -0.491 e. The van der Waals surface area contributed by atoms with Crippen LogP contribution in [-0.2, 0) is 0 Å². The number of hydrogen-bond acceptors (Lipinski definition) is 4. The predicted octanol–water partition coefficient (Wildman–Crippen LogP) is 4.89. The fourth-order valence-corrected chi connectivity index (χ4v) is 3.37. The van der Waals surface area contributed by atoms with E-state index in [-0.39, 0.29) is 11.4 Å². The number of nitrogens with two attached hydrogens (primary N) is 1. The summed E-state index contributed by atoms with van der Waals surface area (Å²) in [5, 5.41) is 0.747. The van der Waals surface area contributed by atoms with Gasteiger partial charge in [0.2, 0.25) is 0 Å². The van der Waals surface area contributed by atoms with E-state index in [0.29, 0.717) is 12.5 Å². The SMILES string of the molecule is Cc1cc(-c2ccnc3ccc(F)cc23)ncc1OC[C@@H](C)CC(C)(C)N. The number of fused-ring (bicyclic) bond motifs is 1. The second-order valence-corrected chi connectivity index (χ2v) is 7.96. The summed E-state index contributed by atoms with van der Waals surface area (Å²) in [4.78, 5) is 8.84. The number of aryl methyl sites for hydroxylation is 1. The minimum atomic E-state index is -0.287. The Hall–Kier alpha value is -2.53. The van der Waals surface area contributed by atoms with Crippen molar-refractivity contribution in [3.63, 3.8) is 0 Å². The Morgan fingerprint density at radius 3 is 2.67 bits per heavy atom. The summed E-state index contributed by atoms with van der Waals surface area (Å²) < 4.78 is 19.6. The number of aromatic nitrogens is 2. The number of ether oxygens (including phenoxy) is 1. The molecule has 1 atom stereocenters. The molecule has 2 N–H and O–H groups in total. The lowest BCUT2D eigenvalue weighted by Gasteiger charge is -2.23. The van der Waals surface area contributed by atoms with Crippen molar-refractivity contribution in [2.24, 2.45) is 11.7 Å². The van der Waals surface area contributed by atoms with Gasteiger partial charge in [0.05, 0.1) is 24.0 Å². The van der Waals surface area contributed by atoms with Gasteiger partial charge >= 0.3 is 0 Å². The quantitative estimate of drug-likeness (QED) is 0.674. The van der Waals surface area contributed by atoms with E-state index in [2.05, 4.69) is 16.9 Å². The standard InChI is InChI=1S/C22H26FN3O/c1-14(11-22(3,4)24)13-27-21-12-26-20(9-15(21)2)17-7-8-25-19-6-5-16(23)10-18(17)19/h5-10,12,14H,11,13,24H2,1-4H3/t14-/m0/s1. The van der Waals surface area contributed by atoms with Gasteiger partial charge in [-0.05, 0) is 69.0 Å². The highest BCUT2D eigenvalue weighted by atomic mass is 19.1. The Morgan fingerprint density at radius 1 is 1.19 bits per heavy atom. The first kappa shape index (κ1) is 19.2. The number of rotatable bonds is 6. The topological polar surface area (TPSA) is 61.0 Å². The molecule has 0 radical (unpaired) electrons. The first-order valence-corrected chi connectivity index (χ1v) is 9.16. The zero-order chi connectivity index (χ0) is 19.6. The van der Waals surface area contributed by atoms with Crippen molar-refractivity contribution in [2.75, 3.05) is 6.61 Å². The van der Waals surface area contributed by atoms with Crippen molar-refractivity contribution in [1.82, 2.24) is 9.97 Å². The highest BCUT2D eigenvalue weighted by Gasteiger charge is 2.17.